The van der Waals surface area contributed by atoms with Gasteiger partial charge in [-0.2, -0.15) is 0 Å². The Kier molecular flexibility index (Phi) is 6.05. The van der Waals surface area contributed by atoms with Gasteiger partial charge in [0.1, 0.15) is 5.54 Å². The molecule has 0 unspecified atom stereocenters. The van der Waals surface area contributed by atoms with Crippen molar-refractivity contribution in [1.82, 2.24) is 20.1 Å². The van der Waals surface area contributed by atoms with Gasteiger partial charge in [-0.05, 0) is 56.5 Å². The number of hydrogen-bond acceptors (Lipinski definition) is 5. The van der Waals surface area contributed by atoms with E-state index in [2.05, 4.69) is 32.2 Å². The highest BCUT2D eigenvalue weighted by molar-refractivity contribution is 5.86. The zero-order chi connectivity index (χ0) is 18.5. The first kappa shape index (κ1) is 18.8. The summed E-state index contributed by atoms with van der Waals surface area (Å²) in [6, 6.07) is 4.31. The SMILES string of the molecule is O=C(NC[C@H](c1ccncc1)N1CCOCC1)C1(N2CCCC2)CCCC1. The molecule has 4 rings (SSSR count). The fraction of sp³-hybridized carbons (Fsp3) is 0.714. The first-order chi connectivity index (χ1) is 13.3. The molecule has 1 atom stereocenters. The molecule has 148 valence electrons. The highest BCUT2D eigenvalue weighted by atomic mass is 16.5. The number of nitrogens with one attached hydrogen (secondary N) is 1. The van der Waals surface area contributed by atoms with Crippen LogP contribution in [-0.4, -0.2) is 72.2 Å². The number of ether oxygens (including phenoxy) is 1. The minimum Gasteiger partial charge on any atom is -0.379 e. The van der Waals surface area contributed by atoms with E-state index in [0.717, 1.165) is 52.2 Å². The largest absolute Gasteiger partial charge is 0.379 e. The molecule has 2 aliphatic heterocycles. The number of carbonyl (C=O) groups excluding carboxylic acids is 1. The van der Waals surface area contributed by atoms with Gasteiger partial charge in [0.2, 0.25) is 5.91 Å². The topological polar surface area (TPSA) is 57.7 Å². The molecule has 0 aromatic carbocycles. The maximum atomic E-state index is 13.4. The fourth-order valence-electron chi connectivity index (χ4n) is 5.08. The zero-order valence-corrected chi connectivity index (χ0v) is 16.2. The first-order valence-corrected chi connectivity index (χ1v) is 10.5. The Morgan fingerprint density at radius 1 is 1.07 bits per heavy atom. The normalized spacial score (nSPS) is 24.7. The van der Waals surface area contributed by atoms with E-state index in [9.17, 15) is 4.79 Å². The second-order valence-corrected chi connectivity index (χ2v) is 8.09. The minimum absolute atomic E-state index is 0.179. The highest BCUT2D eigenvalue weighted by Gasteiger charge is 2.46. The third kappa shape index (κ3) is 4.03. The summed E-state index contributed by atoms with van der Waals surface area (Å²) in [5.41, 5.74) is 0.957. The van der Waals surface area contributed by atoms with Crippen molar-refractivity contribution in [2.24, 2.45) is 0 Å². The van der Waals surface area contributed by atoms with Crippen molar-refractivity contribution in [3.05, 3.63) is 30.1 Å². The lowest BCUT2D eigenvalue weighted by molar-refractivity contribution is -0.133. The van der Waals surface area contributed by atoms with Crippen LogP contribution in [0.4, 0.5) is 0 Å². The van der Waals surface area contributed by atoms with E-state index >= 15 is 0 Å². The highest BCUT2D eigenvalue weighted by Crippen LogP contribution is 2.37. The number of rotatable bonds is 6. The Morgan fingerprint density at radius 3 is 2.41 bits per heavy atom. The van der Waals surface area contributed by atoms with Crippen LogP contribution in [0, 0.1) is 0 Å². The van der Waals surface area contributed by atoms with E-state index in [1.807, 2.05) is 12.4 Å². The number of carbonyl (C=O) groups is 1. The van der Waals surface area contributed by atoms with Crippen LogP contribution in [0.2, 0.25) is 0 Å². The Bertz CT molecular complexity index is 606. The molecular formula is C21H32N4O2. The summed E-state index contributed by atoms with van der Waals surface area (Å²) in [6.45, 7) is 6.12. The molecule has 1 saturated carbocycles. The number of likely N-dealkylation sites (tertiary alicyclic amines) is 1. The van der Waals surface area contributed by atoms with Crippen LogP contribution in [0.1, 0.15) is 50.1 Å². The van der Waals surface area contributed by atoms with Gasteiger partial charge >= 0.3 is 0 Å². The fourth-order valence-corrected chi connectivity index (χ4v) is 5.08. The quantitative estimate of drug-likeness (QED) is 0.828. The van der Waals surface area contributed by atoms with Crippen molar-refractivity contribution in [1.29, 1.82) is 0 Å². The monoisotopic (exact) mass is 372 g/mol. The van der Waals surface area contributed by atoms with Gasteiger partial charge in [0.05, 0.1) is 19.3 Å². The van der Waals surface area contributed by atoms with Gasteiger partial charge in [-0.3, -0.25) is 19.6 Å². The van der Waals surface area contributed by atoms with Crippen molar-refractivity contribution in [3.63, 3.8) is 0 Å². The molecule has 0 bridgehead atoms. The van der Waals surface area contributed by atoms with Crippen LogP contribution >= 0.6 is 0 Å². The molecule has 2 saturated heterocycles. The van der Waals surface area contributed by atoms with Crippen LogP contribution < -0.4 is 5.32 Å². The third-order valence-corrected chi connectivity index (χ3v) is 6.60. The van der Waals surface area contributed by atoms with E-state index in [-0.39, 0.29) is 17.5 Å². The summed E-state index contributed by atoms with van der Waals surface area (Å²) in [5.74, 6) is 0.245. The summed E-state index contributed by atoms with van der Waals surface area (Å²) >= 11 is 0. The van der Waals surface area contributed by atoms with Gasteiger partial charge in [0.15, 0.2) is 0 Å². The summed E-state index contributed by atoms with van der Waals surface area (Å²) < 4.78 is 5.53. The Hall–Kier alpha value is -1.50. The zero-order valence-electron chi connectivity index (χ0n) is 16.2. The van der Waals surface area contributed by atoms with Crippen molar-refractivity contribution in [2.45, 2.75) is 50.1 Å². The molecule has 1 aromatic rings. The predicted molar refractivity (Wildman–Crippen MR) is 104 cm³/mol. The molecular weight excluding hydrogens is 340 g/mol. The number of aromatic nitrogens is 1. The van der Waals surface area contributed by atoms with Crippen LogP contribution in [-0.2, 0) is 9.53 Å². The molecule has 3 heterocycles. The number of pyridine rings is 1. The van der Waals surface area contributed by atoms with Crippen LogP contribution in [0.5, 0.6) is 0 Å². The molecule has 1 N–H and O–H groups in total. The summed E-state index contributed by atoms with van der Waals surface area (Å²) in [7, 11) is 0. The average molecular weight is 373 g/mol. The first-order valence-electron chi connectivity index (χ1n) is 10.5. The van der Waals surface area contributed by atoms with Crippen molar-refractivity contribution in [3.8, 4) is 0 Å². The lowest BCUT2D eigenvalue weighted by Crippen LogP contribution is -2.57. The Morgan fingerprint density at radius 2 is 1.74 bits per heavy atom. The van der Waals surface area contributed by atoms with Crippen LogP contribution in [0.3, 0.4) is 0 Å². The molecule has 0 radical (unpaired) electrons. The van der Waals surface area contributed by atoms with Gasteiger partial charge < -0.3 is 10.1 Å². The molecule has 3 aliphatic rings. The molecule has 6 heteroatoms. The van der Waals surface area contributed by atoms with Crippen LogP contribution in [0.15, 0.2) is 24.5 Å². The molecule has 6 nitrogen and oxygen atoms in total. The van der Waals surface area contributed by atoms with Gasteiger partial charge in [-0.25, -0.2) is 0 Å². The Balaban J connectivity index is 1.47. The number of nitrogens with zero attached hydrogens (tertiary/aromatic N) is 3. The summed E-state index contributed by atoms with van der Waals surface area (Å²) in [4.78, 5) is 22.4. The summed E-state index contributed by atoms with van der Waals surface area (Å²) in [5, 5.41) is 3.35. The lowest BCUT2D eigenvalue weighted by atomic mass is 9.93. The van der Waals surface area contributed by atoms with Gasteiger partial charge in [0.25, 0.3) is 0 Å². The van der Waals surface area contributed by atoms with E-state index in [0.29, 0.717) is 6.54 Å². The van der Waals surface area contributed by atoms with E-state index in [1.54, 1.807) is 0 Å². The predicted octanol–water partition coefficient (Wildman–Crippen LogP) is 1.98. The molecule has 1 aromatic heterocycles. The maximum Gasteiger partial charge on any atom is 0.240 e. The van der Waals surface area contributed by atoms with Crippen molar-refractivity contribution >= 4 is 5.91 Å². The van der Waals surface area contributed by atoms with Gasteiger partial charge in [-0.1, -0.05) is 12.8 Å². The minimum atomic E-state index is -0.260. The van der Waals surface area contributed by atoms with Crippen LogP contribution in [0.25, 0.3) is 0 Å². The molecule has 0 spiro atoms. The second-order valence-electron chi connectivity index (χ2n) is 8.09. The molecule has 1 aliphatic carbocycles. The molecule has 3 fully saturated rings. The smallest absolute Gasteiger partial charge is 0.240 e. The summed E-state index contributed by atoms with van der Waals surface area (Å²) in [6.07, 6.45) is 10.5. The maximum absolute atomic E-state index is 13.4. The van der Waals surface area contributed by atoms with Crippen molar-refractivity contribution < 1.29 is 9.53 Å². The van der Waals surface area contributed by atoms with E-state index in [4.69, 9.17) is 4.74 Å². The molecule has 27 heavy (non-hydrogen) atoms. The van der Waals surface area contributed by atoms with Gasteiger partial charge in [0, 0.05) is 32.0 Å². The van der Waals surface area contributed by atoms with E-state index in [1.165, 1.54) is 31.2 Å². The van der Waals surface area contributed by atoms with E-state index < -0.39 is 0 Å². The number of hydrogen-bond donors (Lipinski definition) is 1. The standard InChI is InChI=1S/C21H32N4O2/c26-20(21(7-1-2-8-21)25-11-3-4-12-25)23-17-19(18-5-9-22-10-6-18)24-13-15-27-16-14-24/h5-6,9-10,19H,1-4,7-8,11-17H2,(H,23,26)/t19-/m1/s1. The molecule has 1 amide bonds. The van der Waals surface area contributed by atoms with Crippen molar-refractivity contribution in [2.75, 3.05) is 45.9 Å². The second kappa shape index (κ2) is 8.67. The van der Waals surface area contributed by atoms with Gasteiger partial charge in [-0.15, -0.1) is 0 Å². The Labute approximate surface area is 162 Å². The number of amides is 1. The number of morpholine rings is 1. The third-order valence-electron chi connectivity index (χ3n) is 6.60. The lowest BCUT2D eigenvalue weighted by Gasteiger charge is -2.39. The average Bonchev–Trinajstić information content (AvgIpc) is 3.42.